The first kappa shape index (κ1) is 11.8. The highest BCUT2D eigenvalue weighted by Crippen LogP contribution is 2.42. The van der Waals surface area contributed by atoms with Crippen LogP contribution in [0, 0.1) is 5.92 Å². The van der Waals surface area contributed by atoms with Gasteiger partial charge in [-0.3, -0.25) is 0 Å². The van der Waals surface area contributed by atoms with Gasteiger partial charge in [0.1, 0.15) is 0 Å². The van der Waals surface area contributed by atoms with E-state index in [9.17, 15) is 0 Å². The molecule has 0 radical (unpaired) electrons. The predicted octanol–water partition coefficient (Wildman–Crippen LogP) is 2.82. The topological polar surface area (TPSA) is 44.5 Å². The molecule has 3 rings (SSSR count). The van der Waals surface area contributed by atoms with Crippen LogP contribution in [0.5, 0.6) is 11.5 Å². The van der Waals surface area contributed by atoms with E-state index >= 15 is 0 Å². The van der Waals surface area contributed by atoms with Crippen molar-refractivity contribution in [3.05, 3.63) is 23.8 Å². The first-order valence-electron chi connectivity index (χ1n) is 6.81. The Morgan fingerprint density at radius 2 is 2.06 bits per heavy atom. The molecule has 0 heterocycles. The van der Waals surface area contributed by atoms with Gasteiger partial charge >= 0.3 is 0 Å². The highest BCUT2D eigenvalue weighted by molar-refractivity contribution is 5.45. The van der Waals surface area contributed by atoms with Crippen molar-refractivity contribution in [3.8, 4) is 11.5 Å². The minimum Gasteiger partial charge on any atom is -0.493 e. The van der Waals surface area contributed by atoms with Crippen molar-refractivity contribution >= 4 is 0 Å². The van der Waals surface area contributed by atoms with E-state index in [0.717, 1.165) is 36.9 Å². The molecule has 0 aromatic heterocycles. The Labute approximate surface area is 108 Å². The maximum atomic E-state index is 6.36. The third kappa shape index (κ3) is 2.19. The lowest BCUT2D eigenvalue weighted by Crippen LogP contribution is -2.43. The zero-order chi connectivity index (χ0) is 12.6. The summed E-state index contributed by atoms with van der Waals surface area (Å²) in [5, 5.41) is 0. The minimum atomic E-state index is -0.135. The Morgan fingerprint density at radius 3 is 2.61 bits per heavy atom. The fraction of sp³-hybridized carbons (Fsp3) is 0.600. The number of hydrogen-bond donors (Lipinski definition) is 1. The van der Waals surface area contributed by atoms with Gasteiger partial charge in [0.15, 0.2) is 11.5 Å². The van der Waals surface area contributed by atoms with Gasteiger partial charge < -0.3 is 15.2 Å². The highest BCUT2D eigenvalue weighted by Gasteiger charge is 2.35. The molecule has 3 heteroatoms. The van der Waals surface area contributed by atoms with Crippen LogP contribution in [0.1, 0.15) is 37.7 Å². The Balaban J connectivity index is 1.80. The molecule has 2 aliphatic carbocycles. The van der Waals surface area contributed by atoms with Crippen LogP contribution < -0.4 is 15.2 Å². The average Bonchev–Trinajstić information content (AvgIpc) is 3.17. The molecule has 0 amide bonds. The number of rotatable bonds is 5. The van der Waals surface area contributed by atoms with Crippen LogP contribution >= 0.6 is 0 Å². The lowest BCUT2D eigenvalue weighted by molar-refractivity contribution is 0.248. The zero-order valence-electron chi connectivity index (χ0n) is 10.9. The maximum absolute atomic E-state index is 6.36. The van der Waals surface area contributed by atoms with Gasteiger partial charge in [0.05, 0.1) is 13.7 Å². The van der Waals surface area contributed by atoms with E-state index in [2.05, 4.69) is 12.1 Å². The summed E-state index contributed by atoms with van der Waals surface area (Å²) in [6.45, 7) is 0.803. The van der Waals surface area contributed by atoms with Crippen LogP contribution in [0.15, 0.2) is 18.2 Å². The molecular formula is C15H21NO2. The Kier molecular flexibility index (Phi) is 2.94. The van der Waals surface area contributed by atoms with Crippen LogP contribution in [0.4, 0.5) is 0 Å². The van der Waals surface area contributed by atoms with Gasteiger partial charge in [-0.1, -0.05) is 6.07 Å². The smallest absolute Gasteiger partial charge is 0.161 e. The summed E-state index contributed by atoms with van der Waals surface area (Å²) < 4.78 is 11.2. The number of ether oxygens (including phenoxy) is 2. The Bertz CT molecular complexity index is 436. The van der Waals surface area contributed by atoms with Crippen molar-refractivity contribution in [2.75, 3.05) is 13.7 Å². The molecule has 0 unspecified atom stereocenters. The van der Waals surface area contributed by atoms with Crippen molar-refractivity contribution in [3.63, 3.8) is 0 Å². The van der Waals surface area contributed by atoms with Crippen molar-refractivity contribution in [2.45, 2.75) is 37.6 Å². The van der Waals surface area contributed by atoms with Crippen molar-refractivity contribution in [1.82, 2.24) is 0 Å². The first-order chi connectivity index (χ1) is 8.71. The molecule has 0 spiro atoms. The molecule has 2 fully saturated rings. The molecule has 0 atom stereocenters. The summed E-state index contributed by atoms with van der Waals surface area (Å²) in [7, 11) is 1.68. The van der Waals surface area contributed by atoms with Crippen molar-refractivity contribution < 1.29 is 9.47 Å². The molecule has 1 aromatic carbocycles. The van der Waals surface area contributed by atoms with E-state index in [4.69, 9.17) is 15.2 Å². The standard InChI is InChI=1S/C15H21NO2/c1-17-13-6-5-12(15(16)7-2-8-15)9-14(13)18-10-11-3-4-11/h5-6,9,11H,2-4,7-8,10,16H2,1H3. The van der Waals surface area contributed by atoms with Gasteiger partial charge in [-0.25, -0.2) is 0 Å². The third-order valence-electron chi connectivity index (χ3n) is 4.16. The van der Waals surface area contributed by atoms with Crippen molar-refractivity contribution in [1.29, 1.82) is 0 Å². The second kappa shape index (κ2) is 4.47. The van der Waals surface area contributed by atoms with Gasteiger partial charge in [0, 0.05) is 5.54 Å². The van der Waals surface area contributed by atoms with Crippen LogP contribution in [0.25, 0.3) is 0 Å². The van der Waals surface area contributed by atoms with Crippen LogP contribution in [-0.4, -0.2) is 13.7 Å². The second-order valence-electron chi connectivity index (χ2n) is 5.63. The van der Waals surface area contributed by atoms with Gasteiger partial charge in [-0.15, -0.1) is 0 Å². The van der Waals surface area contributed by atoms with Gasteiger partial charge in [-0.05, 0) is 55.7 Å². The number of hydrogen-bond acceptors (Lipinski definition) is 3. The number of methoxy groups -OCH3 is 1. The fourth-order valence-electron chi connectivity index (χ4n) is 2.44. The quantitative estimate of drug-likeness (QED) is 0.870. The average molecular weight is 247 g/mol. The maximum Gasteiger partial charge on any atom is 0.161 e. The van der Waals surface area contributed by atoms with E-state index in [-0.39, 0.29) is 5.54 Å². The van der Waals surface area contributed by atoms with E-state index in [1.54, 1.807) is 7.11 Å². The largest absolute Gasteiger partial charge is 0.493 e. The summed E-state index contributed by atoms with van der Waals surface area (Å²) in [5.41, 5.74) is 7.40. The molecule has 2 aliphatic rings. The summed E-state index contributed by atoms with van der Waals surface area (Å²) in [6, 6.07) is 6.12. The van der Waals surface area contributed by atoms with Gasteiger partial charge in [0.2, 0.25) is 0 Å². The summed E-state index contributed by atoms with van der Waals surface area (Å²) in [6.07, 6.45) is 5.95. The SMILES string of the molecule is COc1ccc(C2(N)CCC2)cc1OCC1CC1. The van der Waals surface area contributed by atoms with Crippen molar-refractivity contribution in [2.24, 2.45) is 11.7 Å². The van der Waals surface area contributed by atoms with Crippen LogP contribution in [0.2, 0.25) is 0 Å². The second-order valence-corrected chi connectivity index (χ2v) is 5.63. The molecule has 2 N–H and O–H groups in total. The third-order valence-corrected chi connectivity index (χ3v) is 4.16. The molecule has 0 aliphatic heterocycles. The molecule has 2 saturated carbocycles. The summed E-state index contributed by atoms with van der Waals surface area (Å²) in [5.74, 6) is 2.40. The summed E-state index contributed by atoms with van der Waals surface area (Å²) >= 11 is 0. The van der Waals surface area contributed by atoms with Crippen LogP contribution in [0.3, 0.4) is 0 Å². The summed E-state index contributed by atoms with van der Waals surface area (Å²) in [4.78, 5) is 0. The Morgan fingerprint density at radius 1 is 1.28 bits per heavy atom. The first-order valence-corrected chi connectivity index (χ1v) is 6.81. The predicted molar refractivity (Wildman–Crippen MR) is 70.9 cm³/mol. The molecule has 0 bridgehead atoms. The highest BCUT2D eigenvalue weighted by atomic mass is 16.5. The zero-order valence-corrected chi connectivity index (χ0v) is 10.9. The molecular weight excluding hydrogens is 226 g/mol. The van der Waals surface area contributed by atoms with E-state index in [1.165, 1.54) is 24.8 Å². The van der Waals surface area contributed by atoms with Gasteiger partial charge in [0.25, 0.3) is 0 Å². The minimum absolute atomic E-state index is 0.135. The van der Waals surface area contributed by atoms with E-state index in [1.807, 2.05) is 6.07 Å². The molecule has 1 aromatic rings. The van der Waals surface area contributed by atoms with Crippen LogP contribution in [-0.2, 0) is 5.54 Å². The lowest BCUT2D eigenvalue weighted by Gasteiger charge is -2.38. The molecule has 18 heavy (non-hydrogen) atoms. The van der Waals surface area contributed by atoms with Gasteiger partial charge in [-0.2, -0.15) is 0 Å². The normalized spacial score (nSPS) is 21.2. The lowest BCUT2D eigenvalue weighted by atomic mass is 9.73. The number of benzene rings is 1. The molecule has 3 nitrogen and oxygen atoms in total. The molecule has 98 valence electrons. The van der Waals surface area contributed by atoms with E-state index in [0.29, 0.717) is 0 Å². The fourth-order valence-corrected chi connectivity index (χ4v) is 2.44. The monoisotopic (exact) mass is 247 g/mol. The molecule has 0 saturated heterocycles. The number of nitrogens with two attached hydrogens (primary N) is 1. The Hall–Kier alpha value is -1.22. The van der Waals surface area contributed by atoms with E-state index < -0.39 is 0 Å².